The third kappa shape index (κ3) is 3.71. The average Bonchev–Trinajstić information content (AvgIpc) is 3.35. The second-order valence-electron chi connectivity index (χ2n) is 5.75. The zero-order chi connectivity index (χ0) is 18.6. The summed E-state index contributed by atoms with van der Waals surface area (Å²) in [4.78, 5) is 9.10. The molecule has 138 valence electrons. The van der Waals surface area contributed by atoms with E-state index < -0.39 is 0 Å². The summed E-state index contributed by atoms with van der Waals surface area (Å²) in [6.07, 6.45) is 3.31. The molecule has 0 atom stereocenters. The molecule has 0 saturated carbocycles. The van der Waals surface area contributed by atoms with E-state index in [2.05, 4.69) is 25.7 Å². The van der Waals surface area contributed by atoms with Crippen molar-refractivity contribution in [1.29, 1.82) is 0 Å². The maximum absolute atomic E-state index is 9.14. The smallest absolute Gasteiger partial charge is 0.227 e. The highest BCUT2D eigenvalue weighted by molar-refractivity contribution is 6.30. The molecular formula is C18H17ClN6O2. The van der Waals surface area contributed by atoms with Gasteiger partial charge in [-0.05, 0) is 36.4 Å². The third-order valence-electron chi connectivity index (χ3n) is 3.90. The summed E-state index contributed by atoms with van der Waals surface area (Å²) in [5, 5.41) is 21.2. The van der Waals surface area contributed by atoms with Gasteiger partial charge >= 0.3 is 0 Å². The normalized spacial score (nSPS) is 11.0. The van der Waals surface area contributed by atoms with Crippen LogP contribution in [0.25, 0.3) is 16.7 Å². The Hall–Kier alpha value is -3.10. The van der Waals surface area contributed by atoms with Crippen molar-refractivity contribution in [3.8, 4) is 5.69 Å². The van der Waals surface area contributed by atoms with E-state index in [1.54, 1.807) is 29.3 Å². The van der Waals surface area contributed by atoms with Crippen LogP contribution in [0.5, 0.6) is 0 Å². The molecule has 0 saturated heterocycles. The Morgan fingerprint density at radius 2 is 1.96 bits per heavy atom. The molecule has 0 radical (unpaired) electrons. The van der Waals surface area contributed by atoms with Crippen LogP contribution in [0.1, 0.15) is 5.76 Å². The van der Waals surface area contributed by atoms with Crippen LogP contribution in [0, 0.1) is 0 Å². The van der Waals surface area contributed by atoms with Crippen molar-refractivity contribution >= 4 is 34.4 Å². The van der Waals surface area contributed by atoms with E-state index in [-0.39, 0.29) is 6.61 Å². The topological polar surface area (TPSA) is 101 Å². The number of nitrogens with one attached hydrogen (secondary N) is 2. The quantitative estimate of drug-likeness (QED) is 0.450. The maximum Gasteiger partial charge on any atom is 0.227 e. The highest BCUT2D eigenvalue weighted by Crippen LogP contribution is 2.25. The predicted octanol–water partition coefficient (Wildman–Crippen LogP) is 3.08. The largest absolute Gasteiger partial charge is 0.467 e. The van der Waals surface area contributed by atoms with Gasteiger partial charge < -0.3 is 20.2 Å². The van der Waals surface area contributed by atoms with Crippen molar-refractivity contribution in [2.75, 3.05) is 23.8 Å². The van der Waals surface area contributed by atoms with Crippen molar-refractivity contribution in [3.05, 3.63) is 59.6 Å². The number of aromatic nitrogens is 4. The Balaban J connectivity index is 1.74. The summed E-state index contributed by atoms with van der Waals surface area (Å²) in [6, 6.07) is 11.0. The molecule has 27 heavy (non-hydrogen) atoms. The number of aliphatic hydroxyl groups is 1. The van der Waals surface area contributed by atoms with Gasteiger partial charge in [-0.1, -0.05) is 11.6 Å². The summed E-state index contributed by atoms with van der Waals surface area (Å²) in [6.45, 7) is 0.814. The monoisotopic (exact) mass is 384 g/mol. The van der Waals surface area contributed by atoms with Crippen molar-refractivity contribution in [2.24, 2.45) is 0 Å². The number of benzene rings is 1. The van der Waals surface area contributed by atoms with Crippen LogP contribution in [-0.2, 0) is 6.54 Å². The van der Waals surface area contributed by atoms with Gasteiger partial charge in [0.1, 0.15) is 11.6 Å². The molecule has 8 nitrogen and oxygen atoms in total. The molecule has 4 aromatic rings. The fourth-order valence-electron chi connectivity index (χ4n) is 2.65. The first-order chi connectivity index (χ1) is 13.2. The lowest BCUT2D eigenvalue weighted by Gasteiger charge is -2.10. The first-order valence-electron chi connectivity index (χ1n) is 8.37. The minimum atomic E-state index is -0.00796. The molecule has 0 fully saturated rings. The molecule has 3 N–H and O–H groups in total. The number of fused-ring (bicyclic) bond motifs is 1. The van der Waals surface area contributed by atoms with Crippen LogP contribution in [0.4, 0.5) is 11.8 Å². The van der Waals surface area contributed by atoms with Crippen LogP contribution in [-0.4, -0.2) is 38.0 Å². The summed E-state index contributed by atoms with van der Waals surface area (Å²) >= 11 is 5.98. The molecule has 3 heterocycles. The van der Waals surface area contributed by atoms with E-state index in [9.17, 15) is 0 Å². The second kappa shape index (κ2) is 7.65. The van der Waals surface area contributed by atoms with Crippen molar-refractivity contribution in [2.45, 2.75) is 6.54 Å². The van der Waals surface area contributed by atoms with E-state index in [1.807, 2.05) is 24.3 Å². The first kappa shape index (κ1) is 17.3. The van der Waals surface area contributed by atoms with E-state index in [0.717, 1.165) is 16.8 Å². The van der Waals surface area contributed by atoms with Crippen LogP contribution < -0.4 is 10.6 Å². The van der Waals surface area contributed by atoms with Crippen LogP contribution in [0.2, 0.25) is 5.02 Å². The number of rotatable bonds is 7. The van der Waals surface area contributed by atoms with Gasteiger partial charge in [0, 0.05) is 11.6 Å². The van der Waals surface area contributed by atoms with Gasteiger partial charge in [-0.25, -0.2) is 4.68 Å². The van der Waals surface area contributed by atoms with E-state index in [4.69, 9.17) is 21.1 Å². The minimum absolute atomic E-state index is 0.00796. The predicted molar refractivity (Wildman–Crippen MR) is 103 cm³/mol. The Bertz CT molecular complexity index is 1030. The summed E-state index contributed by atoms with van der Waals surface area (Å²) in [7, 11) is 0. The van der Waals surface area contributed by atoms with Gasteiger partial charge in [-0.2, -0.15) is 15.1 Å². The molecule has 0 unspecified atom stereocenters. The van der Waals surface area contributed by atoms with Crippen molar-refractivity contribution in [1.82, 2.24) is 19.7 Å². The molecule has 9 heteroatoms. The summed E-state index contributed by atoms with van der Waals surface area (Å²) in [5.74, 6) is 1.79. The third-order valence-corrected chi connectivity index (χ3v) is 4.16. The Morgan fingerprint density at radius 1 is 1.11 bits per heavy atom. The number of hydrogen-bond donors (Lipinski definition) is 3. The molecule has 0 spiro atoms. The molecular weight excluding hydrogens is 368 g/mol. The van der Waals surface area contributed by atoms with E-state index >= 15 is 0 Å². The molecule has 0 aliphatic heterocycles. The van der Waals surface area contributed by atoms with Gasteiger partial charge in [0.25, 0.3) is 0 Å². The molecule has 0 aliphatic rings. The van der Waals surface area contributed by atoms with Gasteiger partial charge in [-0.3, -0.25) is 0 Å². The molecule has 1 aromatic carbocycles. The maximum atomic E-state index is 9.14. The van der Waals surface area contributed by atoms with Crippen LogP contribution in [0.15, 0.2) is 53.3 Å². The fourth-order valence-corrected chi connectivity index (χ4v) is 2.77. The Morgan fingerprint density at radius 3 is 2.70 bits per heavy atom. The molecule has 3 aromatic heterocycles. The fraction of sp³-hybridized carbons (Fsp3) is 0.167. The number of halogens is 1. The standard InChI is InChI=1S/C18H17ClN6O2/c19-12-3-5-13(6-4-12)25-17-15(11-22-25)16(20-7-8-26)23-18(24-17)21-10-14-2-1-9-27-14/h1-6,9,11,26H,7-8,10H2,(H2,20,21,23,24). The first-order valence-corrected chi connectivity index (χ1v) is 8.75. The van der Waals surface area contributed by atoms with Crippen molar-refractivity contribution in [3.63, 3.8) is 0 Å². The number of hydrogen-bond acceptors (Lipinski definition) is 7. The molecule has 0 aliphatic carbocycles. The lowest BCUT2D eigenvalue weighted by Crippen LogP contribution is -2.11. The highest BCUT2D eigenvalue weighted by Gasteiger charge is 2.14. The Kier molecular flexibility index (Phi) is 4.91. The van der Waals surface area contributed by atoms with Crippen molar-refractivity contribution < 1.29 is 9.52 Å². The average molecular weight is 385 g/mol. The number of furan rings is 1. The molecule has 4 rings (SSSR count). The molecule has 0 amide bonds. The SMILES string of the molecule is OCCNc1nc(NCc2ccco2)nc2c1cnn2-c1ccc(Cl)cc1. The van der Waals surface area contributed by atoms with Gasteiger partial charge in [0.15, 0.2) is 5.65 Å². The number of anilines is 2. The van der Waals surface area contributed by atoms with Crippen LogP contribution >= 0.6 is 11.6 Å². The van der Waals surface area contributed by atoms with Gasteiger partial charge in [0.05, 0.1) is 36.7 Å². The van der Waals surface area contributed by atoms with E-state index in [0.29, 0.717) is 35.5 Å². The molecule has 0 bridgehead atoms. The van der Waals surface area contributed by atoms with Crippen LogP contribution in [0.3, 0.4) is 0 Å². The second-order valence-corrected chi connectivity index (χ2v) is 6.19. The van der Waals surface area contributed by atoms with Gasteiger partial charge in [-0.15, -0.1) is 0 Å². The zero-order valence-electron chi connectivity index (χ0n) is 14.3. The lowest BCUT2D eigenvalue weighted by atomic mass is 10.3. The summed E-state index contributed by atoms with van der Waals surface area (Å²) < 4.78 is 7.05. The highest BCUT2D eigenvalue weighted by atomic mass is 35.5. The van der Waals surface area contributed by atoms with E-state index in [1.165, 1.54) is 0 Å². The number of nitrogens with zero attached hydrogens (tertiary/aromatic N) is 4. The summed E-state index contributed by atoms with van der Waals surface area (Å²) in [5.41, 5.74) is 1.47. The zero-order valence-corrected chi connectivity index (χ0v) is 15.0. The lowest BCUT2D eigenvalue weighted by molar-refractivity contribution is 0.311. The minimum Gasteiger partial charge on any atom is -0.467 e. The van der Waals surface area contributed by atoms with Gasteiger partial charge in [0.2, 0.25) is 5.95 Å². The number of aliphatic hydroxyl groups excluding tert-OH is 1. The Labute approximate surface area is 159 Å².